The van der Waals surface area contributed by atoms with E-state index in [1.54, 1.807) is 33.2 Å². The van der Waals surface area contributed by atoms with Gasteiger partial charge >= 0.3 is 6.18 Å². The van der Waals surface area contributed by atoms with Crippen LogP contribution in [0.4, 0.5) is 37.0 Å². The number of halogens is 6. The molecule has 0 aliphatic heterocycles. The summed E-state index contributed by atoms with van der Waals surface area (Å²) in [5, 5.41) is 19.2. The van der Waals surface area contributed by atoms with Crippen LogP contribution in [0, 0.1) is 25.7 Å². The van der Waals surface area contributed by atoms with Crippen molar-refractivity contribution in [3.8, 4) is 0 Å². The van der Waals surface area contributed by atoms with Crippen LogP contribution in [-0.4, -0.2) is 67.9 Å². The quantitative estimate of drug-likeness (QED) is 0.0808. The molecule has 2 fully saturated rings. The van der Waals surface area contributed by atoms with Gasteiger partial charge < -0.3 is 31.9 Å². The minimum Gasteiger partial charge on any atom is -0.357 e. The zero-order valence-electron chi connectivity index (χ0n) is 33.1. The van der Waals surface area contributed by atoms with E-state index in [1.165, 1.54) is 12.1 Å². The molecule has 2 aliphatic rings. The number of carbonyl (C=O) groups is 2. The first-order valence-corrected chi connectivity index (χ1v) is 20.4. The lowest BCUT2D eigenvalue weighted by Crippen LogP contribution is -2.36. The second kappa shape index (κ2) is 21.0. The summed E-state index contributed by atoms with van der Waals surface area (Å²) < 4.78 is 39.6. The number of carbonyl (C=O) groups excluding carboxylic acids is 2. The van der Waals surface area contributed by atoms with E-state index in [0.717, 1.165) is 50.2 Å². The van der Waals surface area contributed by atoms with Gasteiger partial charge in [0.25, 0.3) is 0 Å². The van der Waals surface area contributed by atoms with Crippen molar-refractivity contribution in [2.75, 3.05) is 35.4 Å². The number of anilines is 4. The Morgan fingerprint density at radius 2 is 1.02 bits per heavy atom. The van der Waals surface area contributed by atoms with Crippen molar-refractivity contribution in [2.24, 2.45) is 11.8 Å². The normalized spacial score (nSPS) is 19.1. The lowest BCUT2D eigenvalue weighted by atomic mass is 9.85. The SMILES string of the molecule is CNc1nc(C)nc(N[C@H]2CC[C@@H](C(=O)NCc3ccc(Cl)cc3C(F)(F)F)CC2)n1.CNc1nc(C)nc(N[C@H]2CC[C@@H](C(=O)NCc3ccc(Cl)cc3Cl)CC2)n1. The first kappa shape index (κ1) is 45.3. The third-order valence-corrected chi connectivity index (χ3v) is 10.9. The molecule has 14 nitrogen and oxygen atoms in total. The van der Waals surface area contributed by atoms with E-state index >= 15 is 0 Å². The van der Waals surface area contributed by atoms with Crippen molar-refractivity contribution in [3.63, 3.8) is 0 Å². The van der Waals surface area contributed by atoms with Crippen LogP contribution in [0.3, 0.4) is 0 Å². The summed E-state index contributed by atoms with van der Waals surface area (Å²) in [6, 6.07) is 9.21. The van der Waals surface area contributed by atoms with Crippen molar-refractivity contribution in [2.45, 2.75) is 96.6 Å². The Bertz CT molecular complexity index is 2060. The molecule has 2 aromatic carbocycles. The zero-order valence-corrected chi connectivity index (χ0v) is 35.4. The minimum absolute atomic E-state index is 0.00318. The number of aromatic nitrogens is 6. The molecule has 0 spiro atoms. The predicted molar refractivity (Wildman–Crippen MR) is 224 cm³/mol. The Labute approximate surface area is 356 Å². The monoisotopic (exact) mass is 878 g/mol. The highest BCUT2D eigenvalue weighted by Gasteiger charge is 2.34. The van der Waals surface area contributed by atoms with Gasteiger partial charge in [0.1, 0.15) is 11.6 Å². The van der Waals surface area contributed by atoms with Crippen molar-refractivity contribution < 1.29 is 22.8 Å². The molecule has 2 amide bonds. The minimum atomic E-state index is -4.53. The number of nitrogens with zero attached hydrogens (tertiary/aromatic N) is 6. The Hall–Kier alpha value is -4.74. The largest absolute Gasteiger partial charge is 0.416 e. The summed E-state index contributed by atoms with van der Waals surface area (Å²) in [6.45, 7) is 3.82. The van der Waals surface area contributed by atoms with Crippen molar-refractivity contribution in [3.05, 3.63) is 79.8 Å². The molecule has 2 saturated carbocycles. The molecule has 0 bridgehead atoms. The third kappa shape index (κ3) is 13.6. The maximum Gasteiger partial charge on any atom is 0.416 e. The summed E-state index contributed by atoms with van der Waals surface area (Å²) in [5.74, 6) is 2.92. The topological polar surface area (TPSA) is 184 Å². The lowest BCUT2D eigenvalue weighted by molar-refractivity contribution is -0.138. The number of benzene rings is 2. The molecule has 6 N–H and O–H groups in total. The standard InChI is InChI=1S/C20H24ClF3N6O.C19H24Cl2N6O/c1-11-27-18(25-2)30-19(28-11)29-15-7-4-12(5-8-15)17(31)26-10-13-3-6-14(21)9-16(13)20(22,23)24;1-11-24-18(22-2)27-19(25-11)26-15-7-4-12(5-8-15)17(28)23-10-13-3-6-14(20)9-16(13)21/h3,6,9,12,15H,4-5,7-8,10H2,1-2H3,(H,26,31)(H2,25,27,28,29,30);3,6,9,12,15H,4-5,7-8,10H2,1-2H3,(H,23,28)(H2,22,24,25,26,27)/t2*12-,15+. The fourth-order valence-electron chi connectivity index (χ4n) is 6.97. The summed E-state index contributed by atoms with van der Waals surface area (Å²) in [5.41, 5.74) is 0.0215. The van der Waals surface area contributed by atoms with Gasteiger partial charge in [0, 0.05) is 66.2 Å². The van der Waals surface area contributed by atoms with Gasteiger partial charge in [-0.15, -0.1) is 0 Å². The summed E-state index contributed by atoms with van der Waals surface area (Å²) in [6.07, 6.45) is 1.59. The van der Waals surface area contributed by atoms with Crippen LogP contribution < -0.4 is 31.9 Å². The molecule has 4 aromatic rings. The molecule has 0 saturated heterocycles. The second-order valence-corrected chi connectivity index (χ2v) is 15.7. The Kier molecular flexibility index (Phi) is 16.1. The Morgan fingerprint density at radius 3 is 1.44 bits per heavy atom. The fourth-order valence-corrected chi connectivity index (χ4v) is 7.61. The first-order chi connectivity index (χ1) is 28.1. The molecular weight excluding hydrogens is 832 g/mol. The van der Waals surface area contributed by atoms with Gasteiger partial charge in [-0.2, -0.15) is 43.1 Å². The van der Waals surface area contributed by atoms with E-state index in [2.05, 4.69) is 61.8 Å². The van der Waals surface area contributed by atoms with Crippen LogP contribution in [0.25, 0.3) is 0 Å². The highest BCUT2D eigenvalue weighted by atomic mass is 35.5. The van der Waals surface area contributed by atoms with E-state index in [-0.39, 0.29) is 52.9 Å². The molecule has 318 valence electrons. The number of aryl methyl sites for hydroxylation is 2. The first-order valence-electron chi connectivity index (χ1n) is 19.3. The van der Waals surface area contributed by atoms with E-state index in [4.69, 9.17) is 34.8 Å². The van der Waals surface area contributed by atoms with Crippen LogP contribution in [0.1, 0.15) is 79.7 Å². The third-order valence-electron chi connectivity index (χ3n) is 10.1. The van der Waals surface area contributed by atoms with E-state index < -0.39 is 11.7 Å². The summed E-state index contributed by atoms with van der Waals surface area (Å²) in [7, 11) is 3.50. The molecular formula is C39H48Cl3F3N12O2. The number of amides is 2. The number of hydrogen-bond donors (Lipinski definition) is 6. The zero-order chi connectivity index (χ0) is 42.7. The van der Waals surface area contributed by atoms with E-state index in [0.29, 0.717) is 64.9 Å². The average molecular weight is 880 g/mol. The number of alkyl halides is 3. The van der Waals surface area contributed by atoms with Crippen LogP contribution in [0.2, 0.25) is 15.1 Å². The fraction of sp³-hybridized carbons (Fsp3) is 0.487. The molecule has 2 aromatic heterocycles. The summed E-state index contributed by atoms with van der Waals surface area (Å²) >= 11 is 17.8. The van der Waals surface area contributed by atoms with Crippen molar-refractivity contribution in [1.82, 2.24) is 40.5 Å². The van der Waals surface area contributed by atoms with Crippen LogP contribution in [-0.2, 0) is 28.9 Å². The molecule has 6 rings (SSSR count). The maximum atomic E-state index is 13.2. The molecule has 0 unspecified atom stereocenters. The van der Waals surface area contributed by atoms with Crippen molar-refractivity contribution in [1.29, 1.82) is 0 Å². The Balaban J connectivity index is 0.000000225. The van der Waals surface area contributed by atoms with Gasteiger partial charge in [-0.3, -0.25) is 9.59 Å². The molecule has 20 heteroatoms. The van der Waals surface area contributed by atoms with E-state index in [1.807, 2.05) is 13.0 Å². The predicted octanol–water partition coefficient (Wildman–Crippen LogP) is 8.00. The van der Waals surface area contributed by atoms with E-state index in [9.17, 15) is 22.8 Å². The number of nitrogens with one attached hydrogen (secondary N) is 6. The molecule has 2 heterocycles. The van der Waals surface area contributed by atoms with Gasteiger partial charge in [0.05, 0.1) is 5.56 Å². The van der Waals surface area contributed by atoms with Gasteiger partial charge in [-0.05, 0) is 101 Å². The van der Waals surface area contributed by atoms with Gasteiger partial charge in [0.2, 0.25) is 35.6 Å². The van der Waals surface area contributed by atoms with Gasteiger partial charge in [-0.25, -0.2) is 0 Å². The number of rotatable bonds is 12. The van der Waals surface area contributed by atoms with Gasteiger partial charge in [-0.1, -0.05) is 46.9 Å². The highest BCUT2D eigenvalue weighted by molar-refractivity contribution is 6.35. The smallest absolute Gasteiger partial charge is 0.357 e. The van der Waals surface area contributed by atoms with Crippen molar-refractivity contribution >= 4 is 70.4 Å². The highest BCUT2D eigenvalue weighted by Crippen LogP contribution is 2.34. The Morgan fingerprint density at radius 1 is 0.610 bits per heavy atom. The molecule has 0 radical (unpaired) electrons. The van der Waals surface area contributed by atoms with Crippen LogP contribution in [0.15, 0.2) is 36.4 Å². The number of hydrogen-bond acceptors (Lipinski definition) is 12. The van der Waals surface area contributed by atoms with Crippen LogP contribution in [0.5, 0.6) is 0 Å². The molecule has 59 heavy (non-hydrogen) atoms. The molecule has 2 aliphatic carbocycles. The lowest BCUT2D eigenvalue weighted by Gasteiger charge is -2.28. The second-order valence-electron chi connectivity index (χ2n) is 14.4. The molecule has 0 atom stereocenters. The average Bonchev–Trinajstić information content (AvgIpc) is 3.19. The summed E-state index contributed by atoms with van der Waals surface area (Å²) in [4.78, 5) is 50.6. The maximum absolute atomic E-state index is 13.2. The van der Waals surface area contributed by atoms with Crippen LogP contribution >= 0.6 is 34.8 Å². The van der Waals surface area contributed by atoms with Gasteiger partial charge in [0.15, 0.2) is 0 Å².